The van der Waals surface area contributed by atoms with Gasteiger partial charge in [-0.2, -0.15) is 18.3 Å². The second-order valence-electron chi connectivity index (χ2n) is 9.27. The Hall–Kier alpha value is -3.89. The van der Waals surface area contributed by atoms with Crippen molar-refractivity contribution in [1.29, 1.82) is 0 Å². The molecule has 2 aromatic carbocycles. The molecule has 11 heteroatoms. The Bertz CT molecular complexity index is 1280. The van der Waals surface area contributed by atoms with E-state index < -0.39 is 11.7 Å². The third-order valence-electron chi connectivity index (χ3n) is 6.57. The largest absolute Gasteiger partial charge is 0.416 e. The fourth-order valence-electron chi connectivity index (χ4n) is 4.80. The predicted octanol–water partition coefficient (Wildman–Crippen LogP) is 3.75. The van der Waals surface area contributed by atoms with E-state index in [1.54, 1.807) is 11.0 Å². The van der Waals surface area contributed by atoms with E-state index in [2.05, 4.69) is 15.3 Å². The zero-order chi connectivity index (χ0) is 25.6. The average Bonchev–Trinajstić information content (AvgIpc) is 3.44. The first-order valence-corrected chi connectivity index (χ1v) is 11.7. The van der Waals surface area contributed by atoms with Gasteiger partial charge in [0.2, 0.25) is 0 Å². The molecule has 0 aliphatic carbocycles. The Morgan fingerprint density at radius 3 is 2.78 bits per heavy atom. The summed E-state index contributed by atoms with van der Waals surface area (Å²) in [5.74, 6) is 0.219. The number of amides is 2. The summed E-state index contributed by atoms with van der Waals surface area (Å²) in [5, 5.41) is 9.48. The summed E-state index contributed by atoms with van der Waals surface area (Å²) in [5.41, 5.74) is 9.31. The minimum absolute atomic E-state index is 0.00326. The highest BCUT2D eigenvalue weighted by molar-refractivity contribution is 6.17. The first-order valence-electron chi connectivity index (χ1n) is 11.7. The monoisotopic (exact) mass is 497 g/mol. The maximum Gasteiger partial charge on any atom is 0.416 e. The number of rotatable bonds is 4. The lowest BCUT2D eigenvalue weighted by Crippen LogP contribution is -2.44. The number of nitrogens with zero attached hydrogens (tertiary/aromatic N) is 5. The standard InChI is InChI=1S/C25H26F3N7O/c1-14(2)35-23-20(22(29)31-13-32-23)21(33-35)17-6-7-19-16(11-17)8-9-34(19)24(36)30-12-15-4-3-5-18(10-15)25(26,27)28/h3-7,10-11,13-14,20,23H,8-9,12H2,1-2H3,(H,30,36)(H2,29,31,32). The number of fused-ring (bicyclic) bond motifs is 2. The number of hydrogen-bond donors (Lipinski definition) is 2. The number of carbonyl (C=O) groups is 1. The van der Waals surface area contributed by atoms with Crippen molar-refractivity contribution in [3.63, 3.8) is 0 Å². The normalized spacial score (nSPS) is 20.8. The van der Waals surface area contributed by atoms with Gasteiger partial charge < -0.3 is 11.1 Å². The number of benzene rings is 2. The summed E-state index contributed by atoms with van der Waals surface area (Å²) in [7, 11) is 0. The van der Waals surface area contributed by atoms with Crippen LogP contribution in [0, 0.1) is 5.92 Å². The van der Waals surface area contributed by atoms with E-state index in [1.807, 2.05) is 37.1 Å². The maximum absolute atomic E-state index is 13.0. The van der Waals surface area contributed by atoms with Gasteiger partial charge in [0, 0.05) is 24.8 Å². The molecule has 188 valence electrons. The van der Waals surface area contributed by atoms with Crippen molar-refractivity contribution < 1.29 is 18.0 Å². The van der Waals surface area contributed by atoms with Crippen LogP contribution < -0.4 is 16.0 Å². The minimum atomic E-state index is -4.43. The number of nitrogens with one attached hydrogen (secondary N) is 1. The van der Waals surface area contributed by atoms with Gasteiger partial charge in [0.25, 0.3) is 0 Å². The van der Waals surface area contributed by atoms with Crippen molar-refractivity contribution in [1.82, 2.24) is 10.3 Å². The van der Waals surface area contributed by atoms with E-state index in [9.17, 15) is 18.0 Å². The van der Waals surface area contributed by atoms with Crippen LogP contribution in [0.1, 0.15) is 36.1 Å². The van der Waals surface area contributed by atoms with Crippen LogP contribution in [0.3, 0.4) is 0 Å². The number of halogens is 3. The van der Waals surface area contributed by atoms with Crippen molar-refractivity contribution >= 4 is 29.6 Å². The van der Waals surface area contributed by atoms with Crippen molar-refractivity contribution in [3.05, 3.63) is 64.7 Å². The van der Waals surface area contributed by atoms with Gasteiger partial charge in [0.05, 0.1) is 11.3 Å². The second kappa shape index (κ2) is 8.96. The molecule has 8 nitrogen and oxygen atoms in total. The van der Waals surface area contributed by atoms with E-state index in [1.165, 1.54) is 12.4 Å². The summed E-state index contributed by atoms with van der Waals surface area (Å²) in [6.07, 6.45) is -2.54. The molecule has 0 aromatic heterocycles. The van der Waals surface area contributed by atoms with Crippen molar-refractivity contribution in [3.8, 4) is 0 Å². The molecule has 0 spiro atoms. The second-order valence-corrected chi connectivity index (χ2v) is 9.27. The lowest BCUT2D eigenvalue weighted by molar-refractivity contribution is -0.137. The van der Waals surface area contributed by atoms with Gasteiger partial charge in [0.1, 0.15) is 18.1 Å². The molecule has 36 heavy (non-hydrogen) atoms. The van der Waals surface area contributed by atoms with Gasteiger partial charge in [-0.3, -0.25) is 9.91 Å². The van der Waals surface area contributed by atoms with E-state index in [-0.39, 0.29) is 30.7 Å². The van der Waals surface area contributed by atoms with E-state index in [4.69, 9.17) is 10.8 Å². The third kappa shape index (κ3) is 4.29. The Labute approximate surface area is 206 Å². The number of anilines is 1. The van der Waals surface area contributed by atoms with Gasteiger partial charge in [0.15, 0.2) is 6.17 Å². The third-order valence-corrected chi connectivity index (χ3v) is 6.57. The smallest absolute Gasteiger partial charge is 0.386 e. The number of alkyl halides is 3. The summed E-state index contributed by atoms with van der Waals surface area (Å²) >= 11 is 0. The predicted molar refractivity (Wildman–Crippen MR) is 132 cm³/mol. The molecule has 2 atom stereocenters. The zero-order valence-corrected chi connectivity index (χ0v) is 19.8. The molecule has 3 aliphatic rings. The van der Waals surface area contributed by atoms with E-state index in [0.717, 1.165) is 34.7 Å². The van der Waals surface area contributed by atoms with Crippen LogP contribution in [-0.4, -0.2) is 47.7 Å². The Balaban J connectivity index is 1.32. The Morgan fingerprint density at radius 1 is 1.22 bits per heavy atom. The van der Waals surface area contributed by atoms with Gasteiger partial charge in [-0.25, -0.2) is 14.8 Å². The number of aliphatic imine (C=N–C) groups is 2. The molecule has 0 saturated carbocycles. The molecule has 5 rings (SSSR count). The van der Waals surface area contributed by atoms with Crippen LogP contribution in [0.25, 0.3) is 0 Å². The number of urea groups is 1. The SMILES string of the molecule is CC(C)N1N=C(c2ccc3c(c2)CCN3C(=O)NCc2cccc(C(F)(F)F)c2)C2C(N)=NC=NC21. The van der Waals surface area contributed by atoms with Gasteiger partial charge in [-0.1, -0.05) is 18.2 Å². The highest BCUT2D eigenvalue weighted by atomic mass is 19.4. The Kier molecular flexibility index (Phi) is 5.93. The highest BCUT2D eigenvalue weighted by Crippen LogP contribution is 2.34. The summed E-state index contributed by atoms with van der Waals surface area (Å²) in [4.78, 5) is 23.1. The van der Waals surface area contributed by atoms with Crippen LogP contribution in [0.5, 0.6) is 0 Å². The van der Waals surface area contributed by atoms with E-state index >= 15 is 0 Å². The summed E-state index contributed by atoms with van der Waals surface area (Å²) < 4.78 is 38.9. The number of nitrogens with two attached hydrogens (primary N) is 1. The van der Waals surface area contributed by atoms with Crippen molar-refractivity contribution in [2.24, 2.45) is 26.7 Å². The van der Waals surface area contributed by atoms with E-state index in [0.29, 0.717) is 24.4 Å². The topological polar surface area (TPSA) is 98.7 Å². The lowest BCUT2D eigenvalue weighted by Gasteiger charge is -2.28. The number of carbonyl (C=O) groups excluding carboxylic acids is 1. The van der Waals surface area contributed by atoms with Gasteiger partial charge in [-0.15, -0.1) is 0 Å². The van der Waals surface area contributed by atoms with Crippen LogP contribution in [0.4, 0.5) is 23.7 Å². The molecule has 3 heterocycles. The molecular formula is C25H26F3N7O. The average molecular weight is 498 g/mol. The molecule has 3 aliphatic heterocycles. The quantitative estimate of drug-likeness (QED) is 0.673. The molecule has 2 amide bonds. The summed E-state index contributed by atoms with van der Waals surface area (Å²) in [6.45, 7) is 4.55. The van der Waals surface area contributed by atoms with Crippen molar-refractivity contribution in [2.45, 2.75) is 45.2 Å². The molecule has 0 saturated heterocycles. The zero-order valence-electron chi connectivity index (χ0n) is 19.8. The molecule has 0 fully saturated rings. The molecule has 0 bridgehead atoms. The van der Waals surface area contributed by atoms with Crippen LogP contribution >= 0.6 is 0 Å². The summed E-state index contributed by atoms with van der Waals surface area (Å²) in [6, 6.07) is 10.5. The maximum atomic E-state index is 13.0. The number of hydrogen-bond acceptors (Lipinski definition) is 6. The molecule has 3 N–H and O–H groups in total. The van der Waals surface area contributed by atoms with Crippen LogP contribution in [0.15, 0.2) is 57.6 Å². The first kappa shape index (κ1) is 23.8. The highest BCUT2D eigenvalue weighted by Gasteiger charge is 2.42. The van der Waals surface area contributed by atoms with Gasteiger partial charge >= 0.3 is 12.2 Å². The number of amidine groups is 1. The molecule has 0 radical (unpaired) electrons. The molecular weight excluding hydrogens is 471 g/mol. The fraction of sp³-hybridized carbons (Fsp3) is 0.360. The lowest BCUT2D eigenvalue weighted by atomic mass is 9.92. The van der Waals surface area contributed by atoms with Crippen molar-refractivity contribution in [2.75, 3.05) is 11.4 Å². The molecule has 2 aromatic rings. The first-order chi connectivity index (χ1) is 17.1. The fourth-order valence-corrected chi connectivity index (χ4v) is 4.80. The van der Waals surface area contributed by atoms with Crippen LogP contribution in [-0.2, 0) is 19.1 Å². The Morgan fingerprint density at radius 2 is 2.03 bits per heavy atom. The molecule has 2 unspecified atom stereocenters. The number of hydrazone groups is 1. The van der Waals surface area contributed by atoms with Gasteiger partial charge in [-0.05, 0) is 61.2 Å². The van der Waals surface area contributed by atoms with Crippen LogP contribution in [0.2, 0.25) is 0 Å². The minimum Gasteiger partial charge on any atom is -0.386 e.